The Morgan fingerprint density at radius 1 is 0.830 bits per heavy atom. The first-order valence-corrected chi connectivity index (χ1v) is 18.2. The number of piperidine rings is 1. The average molecular weight is 762 g/mol. The number of hydrogen-bond donors (Lipinski definition) is 3. The van der Waals surface area contributed by atoms with Crippen molar-refractivity contribution in [1.29, 1.82) is 0 Å². The molecule has 1 fully saturated rings. The van der Waals surface area contributed by atoms with E-state index in [0.717, 1.165) is 42.3 Å². The minimum Gasteiger partial charge on any atom is -0.379 e. The highest BCUT2D eigenvalue weighted by molar-refractivity contribution is 6.00. The van der Waals surface area contributed by atoms with Crippen molar-refractivity contribution in [3.63, 3.8) is 0 Å². The van der Waals surface area contributed by atoms with Gasteiger partial charge in [-0.05, 0) is 74.3 Å². The number of carbonyl (C=O) groups is 3. The van der Waals surface area contributed by atoms with Crippen LogP contribution in [0.1, 0.15) is 68.2 Å². The number of aromatic nitrogens is 2. The molecule has 1 unspecified atom stereocenters. The van der Waals surface area contributed by atoms with E-state index in [1.54, 1.807) is 11.6 Å². The Morgan fingerprint density at radius 3 is 1.96 bits per heavy atom. The van der Waals surface area contributed by atoms with Gasteiger partial charge in [-0.3, -0.25) is 28.8 Å². The van der Waals surface area contributed by atoms with Crippen molar-refractivity contribution in [2.24, 2.45) is 18.5 Å². The van der Waals surface area contributed by atoms with E-state index in [1.165, 1.54) is 10.1 Å². The van der Waals surface area contributed by atoms with E-state index in [1.807, 2.05) is 25.1 Å². The third kappa shape index (κ3) is 14.3. The van der Waals surface area contributed by atoms with Gasteiger partial charge in [0.15, 0.2) is 0 Å². The quantitative estimate of drug-likeness (QED) is 0.0856. The first-order valence-electron chi connectivity index (χ1n) is 18.2. The molecule has 14 nitrogen and oxygen atoms in total. The lowest BCUT2D eigenvalue weighted by Gasteiger charge is -2.21. The number of nitrogens with two attached hydrogens (primary N) is 2. The van der Waals surface area contributed by atoms with E-state index in [-0.39, 0.29) is 54.9 Å². The second kappa shape index (κ2) is 23.2. The number of carbonyl (C=O) groups excluding carboxylic acids is 3. The second-order valence-corrected chi connectivity index (χ2v) is 13.2. The molecular weight excluding hydrogens is 706 g/mol. The summed E-state index contributed by atoms with van der Waals surface area (Å²) in [6.45, 7) is 6.64. The topological polar surface area (TPSA) is 188 Å². The van der Waals surface area contributed by atoms with Gasteiger partial charge in [0.1, 0.15) is 6.04 Å². The highest BCUT2D eigenvalue weighted by Gasteiger charge is 2.31. The van der Waals surface area contributed by atoms with Crippen LogP contribution in [0.25, 0.3) is 11.0 Å². The number of ether oxygens (including phenoxy) is 5. The van der Waals surface area contributed by atoms with Crippen molar-refractivity contribution in [3.8, 4) is 0 Å². The zero-order valence-electron chi connectivity index (χ0n) is 30.9. The van der Waals surface area contributed by atoms with Gasteiger partial charge in [-0.25, -0.2) is 4.79 Å². The number of nitrogens with one attached hydrogen (secondary N) is 1. The van der Waals surface area contributed by atoms with Crippen LogP contribution in [0.5, 0.6) is 0 Å². The van der Waals surface area contributed by atoms with Gasteiger partial charge in [0.25, 0.3) is 0 Å². The summed E-state index contributed by atoms with van der Waals surface area (Å²) < 4.78 is 31.5. The maximum Gasteiger partial charge on any atom is 0.329 e. The predicted molar refractivity (Wildman–Crippen MR) is 203 cm³/mol. The number of halogens is 1. The number of benzene rings is 2. The molecule has 15 heteroatoms. The number of amides is 3. The van der Waals surface area contributed by atoms with Crippen LogP contribution < -0.4 is 22.5 Å². The largest absolute Gasteiger partial charge is 0.379 e. The number of imide groups is 1. The standard InChI is InChI=1S/C38H55N5O9.ClH/c1-27(31(39)12-15-35(40)44)52-26-30-9-7-28(8-10-30)5-3-17-48-19-21-50-23-24-51-22-20-49-18-4-6-29-11-13-32-34(25-29)42(2)38(47)43(32)33-14-16-36(45)41-37(33)46;/h7-11,13,25,27,31,33H,3-6,12,14-24,26,39H2,1-2H3,(H2,40,44)(H,41,45,46);1H/t27-,31+,33?;/m1./s1. The van der Waals surface area contributed by atoms with Crippen LogP contribution in [0, 0.1) is 0 Å². The molecule has 3 aromatic rings. The fraction of sp³-hybridized carbons (Fsp3) is 0.579. The highest BCUT2D eigenvalue weighted by Crippen LogP contribution is 2.24. The van der Waals surface area contributed by atoms with Crippen LogP contribution in [-0.2, 0) is 64.6 Å². The van der Waals surface area contributed by atoms with Crippen LogP contribution in [0.2, 0.25) is 0 Å². The summed E-state index contributed by atoms with van der Waals surface area (Å²) in [6, 6.07) is 13.2. The van der Waals surface area contributed by atoms with Gasteiger partial charge in [-0.15, -0.1) is 12.4 Å². The number of aryl methyl sites for hydroxylation is 3. The lowest BCUT2D eigenvalue weighted by molar-refractivity contribution is -0.135. The minimum absolute atomic E-state index is 0. The van der Waals surface area contributed by atoms with E-state index in [9.17, 15) is 19.2 Å². The van der Waals surface area contributed by atoms with Gasteiger partial charge in [0, 0.05) is 39.1 Å². The normalized spacial score (nSPS) is 15.6. The molecule has 0 bridgehead atoms. The summed E-state index contributed by atoms with van der Waals surface area (Å²) in [5, 5.41) is 2.34. The third-order valence-corrected chi connectivity index (χ3v) is 9.16. The molecular formula is C38H56ClN5O9. The molecule has 1 aromatic heterocycles. The molecule has 4 rings (SSSR count). The summed E-state index contributed by atoms with van der Waals surface area (Å²) >= 11 is 0. The Bertz CT molecular complexity index is 1650. The van der Waals surface area contributed by atoms with E-state index < -0.39 is 11.9 Å². The van der Waals surface area contributed by atoms with Gasteiger partial charge >= 0.3 is 5.69 Å². The third-order valence-electron chi connectivity index (χ3n) is 9.16. The summed E-state index contributed by atoms with van der Waals surface area (Å²) in [6.07, 6.45) is 4.58. The fourth-order valence-corrected chi connectivity index (χ4v) is 6.01. The molecule has 0 saturated carbocycles. The van der Waals surface area contributed by atoms with Crippen LogP contribution in [-0.4, -0.2) is 91.9 Å². The zero-order valence-corrected chi connectivity index (χ0v) is 31.7. The summed E-state index contributed by atoms with van der Waals surface area (Å²) in [5.41, 5.74) is 15.8. The van der Waals surface area contributed by atoms with Gasteiger partial charge < -0.3 is 35.2 Å². The Morgan fingerprint density at radius 2 is 1.38 bits per heavy atom. The molecule has 1 aliphatic rings. The number of rotatable bonds is 25. The first kappa shape index (κ1) is 43.8. The molecule has 3 amide bonds. The second-order valence-electron chi connectivity index (χ2n) is 13.2. The lowest BCUT2D eigenvalue weighted by Crippen LogP contribution is -2.44. The van der Waals surface area contributed by atoms with Crippen molar-refractivity contribution in [2.75, 3.05) is 52.9 Å². The molecule has 294 valence electrons. The summed E-state index contributed by atoms with van der Waals surface area (Å²) in [7, 11) is 1.70. The van der Waals surface area contributed by atoms with Crippen molar-refractivity contribution in [3.05, 3.63) is 69.6 Å². The molecule has 2 aromatic carbocycles. The first-order chi connectivity index (χ1) is 25.1. The number of fused-ring (bicyclic) bond motifs is 1. The van der Waals surface area contributed by atoms with E-state index in [2.05, 4.69) is 29.6 Å². The van der Waals surface area contributed by atoms with Gasteiger partial charge in [-0.1, -0.05) is 30.3 Å². The zero-order chi connectivity index (χ0) is 37.3. The van der Waals surface area contributed by atoms with E-state index in [0.29, 0.717) is 77.8 Å². The van der Waals surface area contributed by atoms with Crippen LogP contribution >= 0.6 is 12.4 Å². The van der Waals surface area contributed by atoms with Gasteiger partial charge in [0.2, 0.25) is 17.7 Å². The Labute approximate surface area is 317 Å². The molecule has 3 atom stereocenters. The average Bonchev–Trinajstić information content (AvgIpc) is 3.37. The Balaban J connectivity index is 0.00000756. The fourth-order valence-electron chi connectivity index (χ4n) is 6.01. The number of primary amides is 1. The number of imidazole rings is 1. The maximum atomic E-state index is 12.9. The van der Waals surface area contributed by atoms with Crippen LogP contribution in [0.4, 0.5) is 0 Å². The highest BCUT2D eigenvalue weighted by atomic mass is 35.5. The number of hydrogen-bond acceptors (Lipinski definition) is 10. The smallest absolute Gasteiger partial charge is 0.329 e. The van der Waals surface area contributed by atoms with Crippen molar-refractivity contribution < 1.29 is 38.1 Å². The van der Waals surface area contributed by atoms with Crippen molar-refractivity contribution in [1.82, 2.24) is 14.5 Å². The van der Waals surface area contributed by atoms with Gasteiger partial charge in [-0.2, -0.15) is 0 Å². The van der Waals surface area contributed by atoms with E-state index in [4.69, 9.17) is 35.2 Å². The van der Waals surface area contributed by atoms with Crippen LogP contribution in [0.15, 0.2) is 47.3 Å². The molecule has 2 heterocycles. The predicted octanol–water partition coefficient (Wildman–Crippen LogP) is 2.87. The molecule has 1 saturated heterocycles. The van der Waals surface area contributed by atoms with Crippen molar-refractivity contribution >= 4 is 41.2 Å². The van der Waals surface area contributed by atoms with Crippen LogP contribution in [0.3, 0.4) is 0 Å². The van der Waals surface area contributed by atoms with Gasteiger partial charge in [0.05, 0.1) is 63.4 Å². The minimum atomic E-state index is -0.689. The Kier molecular flexibility index (Phi) is 19.2. The summed E-state index contributed by atoms with van der Waals surface area (Å²) in [5.74, 6) is -1.09. The monoisotopic (exact) mass is 761 g/mol. The Hall–Kier alpha value is -3.63. The van der Waals surface area contributed by atoms with Crippen molar-refractivity contribution in [2.45, 2.75) is 83.1 Å². The molecule has 0 radical (unpaired) electrons. The molecule has 0 spiro atoms. The maximum absolute atomic E-state index is 12.9. The summed E-state index contributed by atoms with van der Waals surface area (Å²) in [4.78, 5) is 47.8. The molecule has 53 heavy (non-hydrogen) atoms. The number of nitrogens with zero attached hydrogens (tertiary/aromatic N) is 2. The molecule has 5 N–H and O–H groups in total. The molecule has 1 aliphatic heterocycles. The molecule has 0 aliphatic carbocycles. The van der Waals surface area contributed by atoms with E-state index >= 15 is 0 Å². The lowest BCUT2D eigenvalue weighted by atomic mass is 10.1. The SMILES string of the molecule is C[C@@H](OCc1ccc(CCCOCCOCCOCCOCCCc2ccc3c(c2)n(C)c(=O)n3C2CCC(=O)NC2=O)cc1)[C@@H](N)CCC(N)=O.Cl.